The van der Waals surface area contributed by atoms with E-state index >= 15 is 0 Å². The van der Waals surface area contributed by atoms with Crippen LogP contribution in [0.2, 0.25) is 0 Å². The third kappa shape index (κ3) is 2.38. The average molecular weight is 271 g/mol. The van der Waals surface area contributed by atoms with Gasteiger partial charge in [0.25, 0.3) is 0 Å². The van der Waals surface area contributed by atoms with Crippen molar-refractivity contribution < 1.29 is 4.74 Å². The molecule has 0 bridgehead atoms. The van der Waals surface area contributed by atoms with Crippen molar-refractivity contribution in [1.29, 1.82) is 0 Å². The Hall–Kier alpha value is -1.97. The van der Waals surface area contributed by atoms with Crippen LogP contribution in [0.5, 0.6) is 5.75 Å². The maximum atomic E-state index is 5.70. The first kappa shape index (κ1) is 13.0. The SMILES string of the molecule is Cc1cnn2c1NCCC2c1ccc(OC(C)C)cc1. The van der Waals surface area contributed by atoms with Crippen molar-refractivity contribution >= 4 is 5.82 Å². The molecule has 1 unspecified atom stereocenters. The molecule has 0 saturated heterocycles. The molecular weight excluding hydrogens is 250 g/mol. The summed E-state index contributed by atoms with van der Waals surface area (Å²) in [6.45, 7) is 7.16. The van der Waals surface area contributed by atoms with Crippen LogP contribution in [0.3, 0.4) is 0 Å². The van der Waals surface area contributed by atoms with Gasteiger partial charge in [-0.2, -0.15) is 5.10 Å². The molecule has 4 nitrogen and oxygen atoms in total. The molecule has 4 heteroatoms. The van der Waals surface area contributed by atoms with Crippen molar-refractivity contribution in [3.63, 3.8) is 0 Å². The van der Waals surface area contributed by atoms with Gasteiger partial charge in [0.1, 0.15) is 11.6 Å². The summed E-state index contributed by atoms with van der Waals surface area (Å²) in [5.74, 6) is 2.07. The minimum Gasteiger partial charge on any atom is -0.491 e. The Morgan fingerprint density at radius 3 is 2.75 bits per heavy atom. The normalized spacial score (nSPS) is 17.7. The molecule has 0 aliphatic carbocycles. The van der Waals surface area contributed by atoms with Crippen LogP contribution in [0.1, 0.15) is 37.4 Å². The average Bonchev–Trinajstić information content (AvgIpc) is 2.81. The van der Waals surface area contributed by atoms with E-state index in [0.29, 0.717) is 6.04 Å². The van der Waals surface area contributed by atoms with Crippen LogP contribution < -0.4 is 10.1 Å². The third-order valence-corrected chi connectivity index (χ3v) is 3.62. The molecule has 1 aliphatic rings. The molecule has 2 aromatic rings. The summed E-state index contributed by atoms with van der Waals surface area (Å²) in [6, 6.07) is 8.71. The number of anilines is 1. The van der Waals surface area contributed by atoms with Crippen molar-refractivity contribution in [2.45, 2.75) is 39.3 Å². The summed E-state index contributed by atoms with van der Waals surface area (Å²) < 4.78 is 7.79. The van der Waals surface area contributed by atoms with E-state index in [1.54, 1.807) is 0 Å². The Balaban J connectivity index is 1.87. The molecule has 2 heterocycles. The molecule has 0 fully saturated rings. The van der Waals surface area contributed by atoms with Gasteiger partial charge in [0.15, 0.2) is 0 Å². The van der Waals surface area contributed by atoms with Crippen LogP contribution in [-0.4, -0.2) is 22.4 Å². The predicted octanol–water partition coefficient (Wildman–Crippen LogP) is 3.38. The molecule has 1 aliphatic heterocycles. The zero-order valence-corrected chi connectivity index (χ0v) is 12.3. The number of aryl methyl sites for hydroxylation is 1. The maximum Gasteiger partial charge on any atom is 0.127 e. The van der Waals surface area contributed by atoms with Crippen molar-refractivity contribution in [2.24, 2.45) is 0 Å². The number of nitrogens with zero attached hydrogens (tertiary/aromatic N) is 2. The third-order valence-electron chi connectivity index (χ3n) is 3.62. The van der Waals surface area contributed by atoms with Gasteiger partial charge in [-0.3, -0.25) is 0 Å². The number of aromatic nitrogens is 2. The molecule has 20 heavy (non-hydrogen) atoms. The van der Waals surface area contributed by atoms with Gasteiger partial charge < -0.3 is 10.1 Å². The molecule has 0 spiro atoms. The van der Waals surface area contributed by atoms with Gasteiger partial charge in [-0.1, -0.05) is 12.1 Å². The van der Waals surface area contributed by atoms with Gasteiger partial charge in [-0.25, -0.2) is 4.68 Å². The number of fused-ring (bicyclic) bond motifs is 1. The highest BCUT2D eigenvalue weighted by Gasteiger charge is 2.23. The Kier molecular flexibility index (Phi) is 3.38. The Labute approximate surface area is 119 Å². The van der Waals surface area contributed by atoms with E-state index in [1.165, 1.54) is 11.1 Å². The largest absolute Gasteiger partial charge is 0.491 e. The monoisotopic (exact) mass is 271 g/mol. The number of hydrogen-bond acceptors (Lipinski definition) is 3. The summed E-state index contributed by atoms with van der Waals surface area (Å²) >= 11 is 0. The lowest BCUT2D eigenvalue weighted by Crippen LogP contribution is -2.24. The van der Waals surface area contributed by atoms with Crippen LogP contribution in [-0.2, 0) is 0 Å². The van der Waals surface area contributed by atoms with E-state index in [-0.39, 0.29) is 6.10 Å². The van der Waals surface area contributed by atoms with Crippen molar-refractivity contribution in [3.05, 3.63) is 41.6 Å². The fourth-order valence-corrected chi connectivity index (χ4v) is 2.70. The van der Waals surface area contributed by atoms with Crippen LogP contribution in [0.4, 0.5) is 5.82 Å². The standard InChI is InChI=1S/C16H21N3O/c1-11(2)20-14-6-4-13(5-7-14)15-8-9-17-16-12(3)10-18-19(15)16/h4-7,10-11,15,17H,8-9H2,1-3H3. The predicted molar refractivity (Wildman–Crippen MR) is 80.4 cm³/mol. The van der Waals surface area contributed by atoms with Gasteiger partial charge in [-0.15, -0.1) is 0 Å². The number of rotatable bonds is 3. The summed E-state index contributed by atoms with van der Waals surface area (Å²) in [6.07, 6.45) is 3.19. The maximum absolute atomic E-state index is 5.70. The van der Waals surface area contributed by atoms with E-state index in [9.17, 15) is 0 Å². The second-order valence-corrected chi connectivity index (χ2v) is 5.59. The second-order valence-electron chi connectivity index (χ2n) is 5.59. The molecule has 106 valence electrons. The minimum atomic E-state index is 0.208. The molecule has 1 aromatic heterocycles. The van der Waals surface area contributed by atoms with Crippen molar-refractivity contribution in [1.82, 2.24) is 9.78 Å². The van der Waals surface area contributed by atoms with Crippen LogP contribution in [0.25, 0.3) is 0 Å². The fourth-order valence-electron chi connectivity index (χ4n) is 2.70. The van der Waals surface area contributed by atoms with Crippen LogP contribution >= 0.6 is 0 Å². The van der Waals surface area contributed by atoms with Gasteiger partial charge in [0.2, 0.25) is 0 Å². The van der Waals surface area contributed by atoms with Gasteiger partial charge in [-0.05, 0) is 44.9 Å². The first-order valence-corrected chi connectivity index (χ1v) is 7.20. The molecule has 1 N–H and O–H groups in total. The lowest BCUT2D eigenvalue weighted by Gasteiger charge is -2.26. The number of nitrogens with one attached hydrogen (secondary N) is 1. The molecule has 1 atom stereocenters. The van der Waals surface area contributed by atoms with E-state index < -0.39 is 0 Å². The Morgan fingerprint density at radius 1 is 1.30 bits per heavy atom. The summed E-state index contributed by atoms with van der Waals surface area (Å²) in [5.41, 5.74) is 2.49. The second kappa shape index (κ2) is 5.19. The van der Waals surface area contributed by atoms with E-state index in [4.69, 9.17) is 4.74 Å². The number of benzene rings is 1. The van der Waals surface area contributed by atoms with Crippen LogP contribution in [0, 0.1) is 6.92 Å². The lowest BCUT2D eigenvalue weighted by atomic mass is 10.0. The molecular formula is C16H21N3O. The molecule has 0 saturated carbocycles. The van der Waals surface area contributed by atoms with Gasteiger partial charge in [0, 0.05) is 12.1 Å². The number of hydrogen-bond donors (Lipinski definition) is 1. The highest BCUT2D eigenvalue weighted by Crippen LogP contribution is 2.31. The quantitative estimate of drug-likeness (QED) is 0.930. The first-order valence-electron chi connectivity index (χ1n) is 7.20. The van der Waals surface area contributed by atoms with Gasteiger partial charge in [0.05, 0.1) is 18.3 Å². The number of ether oxygens (including phenoxy) is 1. The summed E-state index contributed by atoms with van der Waals surface area (Å²) in [5, 5.41) is 7.93. The smallest absolute Gasteiger partial charge is 0.127 e. The molecule has 3 rings (SSSR count). The van der Waals surface area contributed by atoms with E-state index in [1.807, 2.05) is 32.2 Å². The topological polar surface area (TPSA) is 39.1 Å². The fraction of sp³-hybridized carbons (Fsp3) is 0.438. The van der Waals surface area contributed by atoms with E-state index in [2.05, 4.69) is 34.2 Å². The Morgan fingerprint density at radius 2 is 2.05 bits per heavy atom. The summed E-state index contributed by atoms with van der Waals surface area (Å²) in [4.78, 5) is 0. The highest BCUT2D eigenvalue weighted by molar-refractivity contribution is 5.46. The molecule has 0 amide bonds. The zero-order valence-electron chi connectivity index (χ0n) is 12.3. The van der Waals surface area contributed by atoms with Crippen molar-refractivity contribution in [2.75, 3.05) is 11.9 Å². The minimum absolute atomic E-state index is 0.208. The lowest BCUT2D eigenvalue weighted by molar-refractivity contribution is 0.242. The zero-order chi connectivity index (χ0) is 14.1. The molecule has 1 aromatic carbocycles. The highest BCUT2D eigenvalue weighted by atomic mass is 16.5. The van der Waals surface area contributed by atoms with E-state index in [0.717, 1.165) is 24.5 Å². The molecule has 0 radical (unpaired) electrons. The Bertz CT molecular complexity index is 586. The van der Waals surface area contributed by atoms with Gasteiger partial charge >= 0.3 is 0 Å². The first-order chi connectivity index (χ1) is 9.65. The van der Waals surface area contributed by atoms with Crippen molar-refractivity contribution in [3.8, 4) is 5.75 Å². The van der Waals surface area contributed by atoms with Crippen LogP contribution in [0.15, 0.2) is 30.5 Å². The summed E-state index contributed by atoms with van der Waals surface area (Å²) in [7, 11) is 0.